The van der Waals surface area contributed by atoms with E-state index < -0.39 is 12.0 Å². The molecule has 1 aliphatic carbocycles. The molecule has 0 N–H and O–H groups in total. The van der Waals surface area contributed by atoms with Crippen LogP contribution in [0, 0.1) is 18.7 Å². The Kier molecular flexibility index (Phi) is 5.02. The van der Waals surface area contributed by atoms with Crippen LogP contribution in [-0.2, 0) is 0 Å². The Morgan fingerprint density at radius 2 is 2.00 bits per heavy atom. The van der Waals surface area contributed by atoms with Crippen molar-refractivity contribution in [2.75, 3.05) is 0 Å². The number of benzene rings is 1. The van der Waals surface area contributed by atoms with Crippen molar-refractivity contribution in [1.29, 1.82) is 0 Å². The van der Waals surface area contributed by atoms with Crippen LogP contribution >= 0.6 is 11.3 Å². The molecule has 2 aromatic heterocycles. The second-order valence-corrected chi connectivity index (χ2v) is 8.92. The standard InChI is InChI=1S/C23H19F2N3O2S/c1-13-27-21(22(31-13)14-5-3-2-4-6-14)23(29)28-17-9-15(10-17)20(25)18(28)12-30-19-8-7-16(24)11-26-19/h2-8,11-12,15,17,20H,9-10H2,1H3/b18-12+/t15?,17?,20-/m0/s1. The monoisotopic (exact) mass is 439 g/mol. The molecule has 1 atom stereocenters. The van der Waals surface area contributed by atoms with Crippen LogP contribution in [0.1, 0.15) is 28.3 Å². The predicted octanol–water partition coefficient (Wildman–Crippen LogP) is 5.15. The molecule has 1 saturated carbocycles. The van der Waals surface area contributed by atoms with Crippen LogP contribution in [0.4, 0.5) is 8.78 Å². The highest BCUT2D eigenvalue weighted by molar-refractivity contribution is 7.15. The topological polar surface area (TPSA) is 55.3 Å². The Labute approximate surface area is 182 Å². The average molecular weight is 439 g/mol. The Hall–Kier alpha value is -3.13. The molecule has 2 bridgehead atoms. The van der Waals surface area contributed by atoms with E-state index in [2.05, 4.69) is 9.97 Å². The van der Waals surface area contributed by atoms with Gasteiger partial charge in [-0.2, -0.15) is 0 Å². The van der Waals surface area contributed by atoms with Crippen molar-refractivity contribution < 1.29 is 18.3 Å². The van der Waals surface area contributed by atoms with Crippen molar-refractivity contribution in [2.45, 2.75) is 32.0 Å². The molecule has 1 aromatic carbocycles. The molecule has 6 rings (SSSR count). The van der Waals surface area contributed by atoms with Gasteiger partial charge in [-0.05, 0) is 37.3 Å². The van der Waals surface area contributed by atoms with Gasteiger partial charge in [-0.3, -0.25) is 4.79 Å². The first-order chi connectivity index (χ1) is 15.0. The summed E-state index contributed by atoms with van der Waals surface area (Å²) in [5, 5.41) is 0.764. The number of fused-ring (bicyclic) bond motifs is 2. The van der Waals surface area contributed by atoms with E-state index >= 15 is 4.39 Å². The molecule has 3 aliphatic rings. The Morgan fingerprint density at radius 1 is 1.23 bits per heavy atom. The minimum Gasteiger partial charge on any atom is -0.445 e. The molecule has 158 valence electrons. The maximum atomic E-state index is 15.2. The van der Waals surface area contributed by atoms with Gasteiger partial charge in [0.2, 0.25) is 5.88 Å². The lowest BCUT2D eigenvalue weighted by Gasteiger charge is -2.51. The van der Waals surface area contributed by atoms with Crippen LogP contribution in [0.5, 0.6) is 5.88 Å². The van der Waals surface area contributed by atoms with Gasteiger partial charge in [-0.1, -0.05) is 30.3 Å². The summed E-state index contributed by atoms with van der Waals surface area (Å²) in [5.74, 6) is -0.833. The number of alkyl halides is 1. The average Bonchev–Trinajstić information content (AvgIpc) is 3.14. The van der Waals surface area contributed by atoms with E-state index in [0.29, 0.717) is 18.5 Å². The largest absolute Gasteiger partial charge is 0.445 e. The van der Waals surface area contributed by atoms with Crippen LogP contribution in [0.15, 0.2) is 60.6 Å². The lowest BCUT2D eigenvalue weighted by Crippen LogP contribution is -2.57. The molecule has 0 spiro atoms. The quantitative estimate of drug-likeness (QED) is 0.528. The normalized spacial score (nSPS) is 23.5. The van der Waals surface area contributed by atoms with Crippen molar-refractivity contribution in [3.8, 4) is 16.3 Å². The summed E-state index contributed by atoms with van der Waals surface area (Å²) in [6.07, 6.45) is 2.15. The van der Waals surface area contributed by atoms with Crippen LogP contribution in [-0.4, -0.2) is 33.0 Å². The highest BCUT2D eigenvalue weighted by Gasteiger charge is 2.51. The molecule has 0 radical (unpaired) electrons. The number of hydrogen-bond acceptors (Lipinski definition) is 5. The van der Waals surface area contributed by atoms with E-state index in [4.69, 9.17) is 4.74 Å². The number of amides is 1. The van der Waals surface area contributed by atoms with E-state index in [1.54, 1.807) is 0 Å². The van der Waals surface area contributed by atoms with Crippen LogP contribution in [0.2, 0.25) is 0 Å². The molecule has 5 nitrogen and oxygen atoms in total. The second-order valence-electron chi connectivity index (χ2n) is 7.71. The zero-order chi connectivity index (χ0) is 21.5. The number of piperidine rings is 2. The van der Waals surface area contributed by atoms with Crippen molar-refractivity contribution in [3.05, 3.63) is 77.1 Å². The van der Waals surface area contributed by atoms with Crippen molar-refractivity contribution >= 4 is 17.2 Å². The summed E-state index contributed by atoms with van der Waals surface area (Å²) in [6, 6.07) is 12.0. The Bertz CT molecular complexity index is 1140. The fourth-order valence-corrected chi connectivity index (χ4v) is 5.01. The summed E-state index contributed by atoms with van der Waals surface area (Å²) < 4.78 is 33.7. The summed E-state index contributed by atoms with van der Waals surface area (Å²) in [7, 11) is 0. The van der Waals surface area contributed by atoms with Gasteiger partial charge in [0, 0.05) is 12.1 Å². The predicted molar refractivity (Wildman–Crippen MR) is 113 cm³/mol. The third kappa shape index (κ3) is 3.61. The number of rotatable bonds is 4. The van der Waals surface area contributed by atoms with Gasteiger partial charge in [-0.15, -0.1) is 11.3 Å². The molecule has 2 saturated heterocycles. The maximum Gasteiger partial charge on any atom is 0.278 e. The number of nitrogens with zero attached hydrogens (tertiary/aromatic N) is 3. The number of aryl methyl sites for hydroxylation is 1. The van der Waals surface area contributed by atoms with Gasteiger partial charge in [-0.25, -0.2) is 18.7 Å². The fourth-order valence-electron chi connectivity index (χ4n) is 4.09. The molecular weight excluding hydrogens is 420 g/mol. The van der Waals surface area contributed by atoms with E-state index in [9.17, 15) is 9.18 Å². The van der Waals surface area contributed by atoms with Gasteiger partial charge in [0.15, 0.2) is 0 Å². The number of ether oxygens (including phenoxy) is 1. The molecule has 8 heteroatoms. The first-order valence-electron chi connectivity index (χ1n) is 10.00. The zero-order valence-electron chi connectivity index (χ0n) is 16.7. The van der Waals surface area contributed by atoms with Crippen LogP contribution < -0.4 is 4.74 Å². The first-order valence-corrected chi connectivity index (χ1v) is 10.8. The molecule has 1 amide bonds. The number of pyridine rings is 1. The van der Waals surface area contributed by atoms with Crippen molar-refractivity contribution in [3.63, 3.8) is 0 Å². The van der Waals surface area contributed by atoms with Gasteiger partial charge >= 0.3 is 0 Å². The molecule has 3 aromatic rings. The highest BCUT2D eigenvalue weighted by Crippen LogP contribution is 2.47. The maximum absolute atomic E-state index is 15.2. The zero-order valence-corrected chi connectivity index (χ0v) is 17.5. The fraction of sp³-hybridized carbons (Fsp3) is 0.261. The number of hydrogen-bond donors (Lipinski definition) is 0. The third-order valence-corrected chi connectivity index (χ3v) is 6.70. The molecule has 4 heterocycles. The van der Waals surface area contributed by atoms with Gasteiger partial charge in [0.25, 0.3) is 5.91 Å². The van der Waals surface area contributed by atoms with E-state index in [-0.39, 0.29) is 29.4 Å². The summed E-state index contributed by atoms with van der Waals surface area (Å²) in [4.78, 5) is 24.2. The third-order valence-electron chi connectivity index (χ3n) is 5.68. The minimum atomic E-state index is -1.32. The summed E-state index contributed by atoms with van der Waals surface area (Å²) in [6.45, 7) is 1.85. The smallest absolute Gasteiger partial charge is 0.278 e. The van der Waals surface area contributed by atoms with E-state index in [0.717, 1.165) is 21.6 Å². The van der Waals surface area contributed by atoms with Crippen molar-refractivity contribution in [2.24, 2.45) is 5.92 Å². The first kappa shape index (κ1) is 19.8. The minimum absolute atomic E-state index is 0.0915. The lowest BCUT2D eigenvalue weighted by molar-refractivity contribution is -0.00355. The molecule has 0 unspecified atom stereocenters. The molecule has 31 heavy (non-hydrogen) atoms. The Morgan fingerprint density at radius 3 is 2.71 bits per heavy atom. The SMILES string of the molecule is Cc1nc(C(=O)N2/C(=C/Oc3ccc(F)cn3)[C@@H](F)C3CC2C3)c(-c2ccccc2)s1. The number of allylic oxidation sites excluding steroid dienone is 1. The molecule has 3 fully saturated rings. The number of thiazole rings is 1. The van der Waals surface area contributed by atoms with E-state index in [1.165, 1.54) is 34.6 Å². The van der Waals surface area contributed by atoms with Crippen molar-refractivity contribution in [1.82, 2.24) is 14.9 Å². The van der Waals surface area contributed by atoms with Gasteiger partial charge in [0.05, 0.1) is 21.8 Å². The number of aromatic nitrogens is 2. The Balaban J connectivity index is 1.49. The number of carbonyl (C=O) groups excluding carboxylic acids is 1. The highest BCUT2D eigenvalue weighted by atomic mass is 32.1. The van der Waals surface area contributed by atoms with Gasteiger partial charge in [0.1, 0.15) is 23.9 Å². The van der Waals surface area contributed by atoms with Gasteiger partial charge < -0.3 is 9.64 Å². The lowest BCUT2D eigenvalue weighted by atomic mass is 9.71. The molecular formula is C23H19F2N3O2S. The van der Waals surface area contributed by atoms with E-state index in [1.807, 2.05) is 37.3 Å². The van der Waals surface area contributed by atoms with Crippen LogP contribution in [0.3, 0.4) is 0 Å². The second kappa shape index (κ2) is 7.85. The van der Waals surface area contributed by atoms with Crippen LogP contribution in [0.25, 0.3) is 10.4 Å². The summed E-state index contributed by atoms with van der Waals surface area (Å²) in [5.41, 5.74) is 1.37. The summed E-state index contributed by atoms with van der Waals surface area (Å²) >= 11 is 1.44. The molecule has 2 aliphatic heterocycles. The number of carbonyl (C=O) groups is 1. The number of halogens is 2.